The van der Waals surface area contributed by atoms with Crippen LogP contribution in [0.25, 0.3) is 0 Å². The largest absolute Gasteiger partial charge is 0.310 e. The van der Waals surface area contributed by atoms with Gasteiger partial charge in [0, 0.05) is 6.54 Å². The number of hydrogen-bond acceptors (Lipinski definition) is 4. The van der Waals surface area contributed by atoms with E-state index in [0.29, 0.717) is 0 Å². The molecule has 1 saturated heterocycles. The summed E-state index contributed by atoms with van der Waals surface area (Å²) in [5.74, 6) is -0.195. The van der Waals surface area contributed by atoms with Gasteiger partial charge in [-0.1, -0.05) is 29.8 Å². The molecule has 1 heterocycles. The molecule has 7 heteroatoms. The molecule has 1 amide bonds. The van der Waals surface area contributed by atoms with Crippen molar-refractivity contribution in [2.45, 2.75) is 18.2 Å². The van der Waals surface area contributed by atoms with E-state index in [1.54, 1.807) is 0 Å². The van der Waals surface area contributed by atoms with Crippen molar-refractivity contribution in [3.05, 3.63) is 35.4 Å². The highest BCUT2D eigenvalue weighted by Crippen LogP contribution is 2.30. The summed E-state index contributed by atoms with van der Waals surface area (Å²) in [6.07, 6.45) is 0. The molecule has 0 aliphatic carbocycles. The smallest absolute Gasteiger partial charge is 0.296 e. The van der Waals surface area contributed by atoms with Gasteiger partial charge in [0.2, 0.25) is 10.6 Å². The van der Waals surface area contributed by atoms with E-state index in [1.165, 1.54) is 4.90 Å². The van der Waals surface area contributed by atoms with Gasteiger partial charge in [0.1, 0.15) is 0 Å². The number of benzene rings is 1. The second-order valence-corrected chi connectivity index (χ2v) is 6.98. The number of nitrogens with zero attached hydrogens (tertiary/aromatic N) is 1. The number of amides is 1. The average molecular weight is 287 g/mol. The SMILES string of the molecule is Cc1ccc(CN2C(=O)CSC2S(=O)(=O)O)cc1. The Morgan fingerprint density at radius 1 is 1.39 bits per heavy atom. The molecule has 0 saturated carbocycles. The number of carbonyl (C=O) groups is 1. The Hall–Kier alpha value is -1.05. The number of carbonyl (C=O) groups excluding carboxylic acids is 1. The summed E-state index contributed by atoms with van der Waals surface area (Å²) in [6, 6.07) is 7.47. The fourth-order valence-electron chi connectivity index (χ4n) is 1.73. The Bertz CT molecular complexity index is 553. The molecule has 1 aromatic carbocycles. The maximum atomic E-state index is 11.6. The highest BCUT2D eigenvalue weighted by Gasteiger charge is 2.39. The molecule has 1 aromatic rings. The third-order valence-electron chi connectivity index (χ3n) is 2.65. The molecular formula is C11H13NO4S2. The summed E-state index contributed by atoms with van der Waals surface area (Å²) in [4.78, 5) is 12.8. The fraction of sp³-hybridized carbons (Fsp3) is 0.364. The maximum Gasteiger partial charge on any atom is 0.296 e. The van der Waals surface area contributed by atoms with Crippen molar-refractivity contribution in [3.63, 3.8) is 0 Å². The van der Waals surface area contributed by atoms with Gasteiger partial charge in [0.05, 0.1) is 5.75 Å². The zero-order valence-corrected chi connectivity index (χ0v) is 11.4. The Morgan fingerprint density at radius 2 is 2.00 bits per heavy atom. The first-order valence-corrected chi connectivity index (χ1v) is 7.86. The monoisotopic (exact) mass is 287 g/mol. The van der Waals surface area contributed by atoms with Crippen molar-refractivity contribution < 1.29 is 17.8 Å². The summed E-state index contributed by atoms with van der Waals surface area (Å²) < 4.78 is 30.2. The Morgan fingerprint density at radius 3 is 2.56 bits per heavy atom. The molecule has 0 spiro atoms. The minimum absolute atomic E-state index is 0.0797. The Labute approximate surface area is 110 Å². The van der Waals surface area contributed by atoms with Gasteiger partial charge in [-0.15, -0.1) is 11.8 Å². The van der Waals surface area contributed by atoms with Crippen LogP contribution in [0.2, 0.25) is 0 Å². The molecule has 18 heavy (non-hydrogen) atoms. The third kappa shape index (κ3) is 2.85. The molecule has 1 unspecified atom stereocenters. The van der Waals surface area contributed by atoms with Crippen molar-refractivity contribution in [1.82, 2.24) is 4.90 Å². The highest BCUT2D eigenvalue weighted by molar-refractivity contribution is 8.12. The summed E-state index contributed by atoms with van der Waals surface area (Å²) >= 11 is 0.926. The van der Waals surface area contributed by atoms with E-state index < -0.39 is 14.8 Å². The van der Waals surface area contributed by atoms with E-state index in [2.05, 4.69) is 0 Å². The van der Waals surface area contributed by atoms with Crippen LogP contribution in [0.4, 0.5) is 0 Å². The van der Waals surface area contributed by atoms with Gasteiger partial charge in [-0.25, -0.2) is 0 Å². The molecule has 0 radical (unpaired) electrons. The lowest BCUT2D eigenvalue weighted by Gasteiger charge is -2.21. The van der Waals surface area contributed by atoms with Crippen LogP contribution < -0.4 is 0 Å². The summed E-state index contributed by atoms with van der Waals surface area (Å²) in [6.45, 7) is 2.14. The van der Waals surface area contributed by atoms with Crippen LogP contribution in [-0.4, -0.2) is 34.2 Å². The predicted molar refractivity (Wildman–Crippen MR) is 69.5 cm³/mol. The maximum absolute atomic E-state index is 11.6. The van der Waals surface area contributed by atoms with Gasteiger partial charge >= 0.3 is 0 Å². The number of hydrogen-bond donors (Lipinski definition) is 1. The summed E-state index contributed by atoms with van der Waals surface area (Å²) in [7, 11) is -4.24. The molecule has 0 aromatic heterocycles. The highest BCUT2D eigenvalue weighted by atomic mass is 32.3. The van der Waals surface area contributed by atoms with Crippen LogP contribution in [0.5, 0.6) is 0 Å². The standard InChI is InChI=1S/C11H13NO4S2/c1-8-2-4-9(5-3-8)6-12-10(13)7-17-11(12)18(14,15)16/h2-5,11H,6-7H2,1H3,(H,14,15,16). The minimum Gasteiger partial charge on any atom is -0.310 e. The molecule has 98 valence electrons. The third-order valence-corrected chi connectivity index (χ3v) is 5.51. The van der Waals surface area contributed by atoms with Gasteiger partial charge < -0.3 is 4.90 Å². The van der Waals surface area contributed by atoms with Crippen LogP contribution >= 0.6 is 11.8 Å². The Kier molecular flexibility index (Phi) is 3.65. The first-order chi connectivity index (χ1) is 8.38. The molecule has 5 nitrogen and oxygen atoms in total. The normalized spacial score (nSPS) is 20.4. The van der Waals surface area contributed by atoms with E-state index in [4.69, 9.17) is 4.55 Å². The van der Waals surface area contributed by atoms with Crippen LogP contribution in [0.1, 0.15) is 11.1 Å². The zero-order chi connectivity index (χ0) is 13.3. The van der Waals surface area contributed by atoms with Gasteiger partial charge in [-0.2, -0.15) is 8.42 Å². The van der Waals surface area contributed by atoms with Crippen LogP contribution in [0.3, 0.4) is 0 Å². The number of aryl methyl sites for hydroxylation is 1. The van der Waals surface area contributed by atoms with Crippen LogP contribution in [-0.2, 0) is 21.5 Å². The fourth-order valence-corrected chi connectivity index (χ4v) is 3.96. The van der Waals surface area contributed by atoms with Gasteiger partial charge in [0.15, 0.2) is 0 Å². The topological polar surface area (TPSA) is 74.7 Å². The summed E-state index contributed by atoms with van der Waals surface area (Å²) in [5, 5.41) is 0. The lowest BCUT2D eigenvalue weighted by atomic mass is 10.1. The molecule has 1 aliphatic heterocycles. The van der Waals surface area contributed by atoms with Gasteiger partial charge in [-0.3, -0.25) is 9.35 Å². The van der Waals surface area contributed by atoms with Crippen molar-refractivity contribution in [1.29, 1.82) is 0 Å². The first kappa shape index (κ1) is 13.4. The number of thioether (sulfide) groups is 1. The first-order valence-electron chi connectivity index (χ1n) is 5.31. The van der Waals surface area contributed by atoms with Crippen LogP contribution in [0, 0.1) is 6.92 Å². The molecule has 1 N–H and O–H groups in total. The second kappa shape index (κ2) is 4.91. The molecule has 2 rings (SSSR count). The molecule has 1 aliphatic rings. The molecular weight excluding hydrogens is 274 g/mol. The quantitative estimate of drug-likeness (QED) is 0.847. The Balaban J connectivity index is 2.20. The van der Waals surface area contributed by atoms with Crippen LogP contribution in [0.15, 0.2) is 24.3 Å². The van der Waals surface area contributed by atoms with E-state index in [-0.39, 0.29) is 18.2 Å². The van der Waals surface area contributed by atoms with E-state index >= 15 is 0 Å². The van der Waals surface area contributed by atoms with Crippen molar-refractivity contribution >= 4 is 27.8 Å². The lowest BCUT2D eigenvalue weighted by Crippen LogP contribution is -2.36. The molecule has 1 fully saturated rings. The number of rotatable bonds is 3. The lowest BCUT2D eigenvalue weighted by molar-refractivity contribution is -0.127. The van der Waals surface area contributed by atoms with Crippen molar-refractivity contribution in [2.75, 3.05) is 5.75 Å². The minimum atomic E-state index is -4.24. The van der Waals surface area contributed by atoms with E-state index in [9.17, 15) is 13.2 Å². The molecule has 0 bridgehead atoms. The van der Waals surface area contributed by atoms with Crippen molar-refractivity contribution in [3.8, 4) is 0 Å². The van der Waals surface area contributed by atoms with E-state index in [0.717, 1.165) is 22.9 Å². The molecule has 1 atom stereocenters. The average Bonchev–Trinajstić information content (AvgIpc) is 2.63. The summed E-state index contributed by atoms with van der Waals surface area (Å²) in [5.41, 5.74) is 1.93. The van der Waals surface area contributed by atoms with Gasteiger partial charge in [-0.05, 0) is 12.5 Å². The van der Waals surface area contributed by atoms with Gasteiger partial charge in [0.25, 0.3) is 10.1 Å². The second-order valence-electron chi connectivity index (χ2n) is 4.14. The zero-order valence-electron chi connectivity index (χ0n) is 9.74. The predicted octanol–water partition coefficient (Wildman–Crippen LogP) is 1.24. The van der Waals surface area contributed by atoms with Crippen molar-refractivity contribution in [2.24, 2.45) is 0 Å². The van der Waals surface area contributed by atoms with E-state index in [1.807, 2.05) is 31.2 Å².